The number of rotatable bonds is 6. The molecule has 0 fully saturated rings. The van der Waals surface area contributed by atoms with Crippen molar-refractivity contribution in [3.8, 4) is 0 Å². The summed E-state index contributed by atoms with van der Waals surface area (Å²) in [4.78, 5) is 20.5. The highest BCUT2D eigenvalue weighted by Gasteiger charge is 2.29. The predicted molar refractivity (Wildman–Crippen MR) is 110 cm³/mol. The van der Waals surface area contributed by atoms with Crippen LogP contribution < -0.4 is 4.72 Å². The Morgan fingerprint density at radius 1 is 1.18 bits per heavy atom. The Morgan fingerprint density at radius 2 is 2.04 bits per heavy atom. The van der Waals surface area contributed by atoms with E-state index in [-0.39, 0.29) is 10.8 Å². The molecule has 8 heteroatoms. The Bertz CT molecular complexity index is 1010. The summed E-state index contributed by atoms with van der Waals surface area (Å²) < 4.78 is 26.6. The van der Waals surface area contributed by atoms with Crippen molar-refractivity contribution in [1.29, 1.82) is 0 Å². The summed E-state index contributed by atoms with van der Waals surface area (Å²) in [5.41, 5.74) is 1.93. The van der Waals surface area contributed by atoms with Crippen LogP contribution in [0.25, 0.3) is 0 Å². The van der Waals surface area contributed by atoms with E-state index in [4.69, 9.17) is 0 Å². The summed E-state index contributed by atoms with van der Waals surface area (Å²) in [6.45, 7) is 2.10. The maximum absolute atomic E-state index is 12.4. The van der Waals surface area contributed by atoms with E-state index in [1.807, 2.05) is 11.0 Å². The number of sulfonamides is 1. The molecule has 0 bridgehead atoms. The molecule has 0 saturated heterocycles. The number of carbonyl (C=O) groups is 1. The molecule has 0 aliphatic carbocycles. The minimum absolute atomic E-state index is 0.223. The van der Waals surface area contributed by atoms with E-state index in [9.17, 15) is 13.2 Å². The number of carbonyl (C=O) groups excluding carboxylic acids is 1. The van der Waals surface area contributed by atoms with E-state index < -0.39 is 10.0 Å². The third-order valence-corrected chi connectivity index (χ3v) is 7.56. The van der Waals surface area contributed by atoms with E-state index in [2.05, 4.69) is 21.2 Å². The average Bonchev–Trinajstić information content (AvgIpc) is 3.26. The molecule has 28 heavy (non-hydrogen) atoms. The van der Waals surface area contributed by atoms with Gasteiger partial charge < -0.3 is 4.90 Å². The molecule has 0 unspecified atom stereocenters. The largest absolute Gasteiger partial charge is 0.338 e. The first-order valence-corrected chi connectivity index (χ1v) is 11.9. The first kappa shape index (κ1) is 19.1. The fourth-order valence-electron chi connectivity index (χ4n) is 3.63. The standard InChI is InChI=1S/C20H23N3O3S2/c24-19(23-12-9-17-15(14-23)10-13-27-17)8-2-1-5-11-21-20-16-6-3-4-7-18(16)28(25,26)22-20/h3-4,6-7,10,13H,1-2,5,8-9,11-12,14H2,(H,21,22). The summed E-state index contributed by atoms with van der Waals surface area (Å²) in [5, 5.41) is 2.10. The van der Waals surface area contributed by atoms with Crippen LogP contribution in [0.5, 0.6) is 0 Å². The number of thiophene rings is 1. The van der Waals surface area contributed by atoms with Gasteiger partial charge in [0.15, 0.2) is 0 Å². The van der Waals surface area contributed by atoms with Crippen LogP contribution in [0.3, 0.4) is 0 Å². The fraction of sp³-hybridized carbons (Fsp3) is 0.400. The summed E-state index contributed by atoms with van der Waals surface area (Å²) in [6, 6.07) is 8.99. The molecule has 4 rings (SSSR count). The number of benzene rings is 1. The normalized spacial score (nSPS) is 18.6. The summed E-state index contributed by atoms with van der Waals surface area (Å²) in [5.74, 6) is 0.646. The highest BCUT2D eigenvalue weighted by atomic mass is 32.2. The number of aliphatic imine (C=N–C) groups is 1. The van der Waals surface area contributed by atoms with Crippen molar-refractivity contribution < 1.29 is 13.2 Å². The molecule has 2 aliphatic rings. The molecular formula is C20H23N3O3S2. The second-order valence-electron chi connectivity index (χ2n) is 7.08. The van der Waals surface area contributed by atoms with Crippen LogP contribution in [0.4, 0.5) is 0 Å². The lowest BCUT2D eigenvalue weighted by molar-refractivity contribution is -0.132. The Hall–Kier alpha value is -2.19. The summed E-state index contributed by atoms with van der Waals surface area (Å²) in [6.07, 6.45) is 4.09. The van der Waals surface area contributed by atoms with Gasteiger partial charge in [-0.3, -0.25) is 14.5 Å². The van der Waals surface area contributed by atoms with Gasteiger partial charge in [-0.2, -0.15) is 0 Å². The van der Waals surface area contributed by atoms with Crippen LogP contribution in [0.2, 0.25) is 0 Å². The molecule has 0 spiro atoms. The van der Waals surface area contributed by atoms with E-state index in [1.54, 1.807) is 29.5 Å². The van der Waals surface area contributed by atoms with Gasteiger partial charge in [0.25, 0.3) is 10.0 Å². The number of amidine groups is 1. The van der Waals surface area contributed by atoms with Gasteiger partial charge in [0.1, 0.15) is 5.84 Å². The molecule has 2 aromatic rings. The van der Waals surface area contributed by atoms with Crippen molar-refractivity contribution in [2.24, 2.45) is 4.99 Å². The van der Waals surface area contributed by atoms with Gasteiger partial charge in [-0.05, 0) is 48.4 Å². The third kappa shape index (κ3) is 3.98. The zero-order valence-electron chi connectivity index (χ0n) is 15.6. The number of amides is 1. The second kappa shape index (κ2) is 8.05. The van der Waals surface area contributed by atoms with Crippen molar-refractivity contribution in [2.45, 2.75) is 43.5 Å². The number of hydrogen-bond acceptors (Lipinski definition) is 5. The molecule has 0 atom stereocenters. The lowest BCUT2D eigenvalue weighted by Crippen LogP contribution is -2.35. The van der Waals surface area contributed by atoms with Gasteiger partial charge in [0.2, 0.25) is 5.91 Å². The SMILES string of the molecule is O=C(CCCCCN=C1NS(=O)(=O)c2ccccc21)N1CCc2sccc2C1. The zero-order valence-corrected chi connectivity index (χ0v) is 17.2. The average molecular weight is 418 g/mol. The molecule has 6 nitrogen and oxygen atoms in total. The van der Waals surface area contributed by atoms with E-state index in [0.29, 0.717) is 24.4 Å². The number of nitrogens with zero attached hydrogens (tertiary/aromatic N) is 2. The minimum Gasteiger partial charge on any atom is -0.338 e. The number of nitrogens with one attached hydrogen (secondary N) is 1. The maximum atomic E-state index is 12.4. The lowest BCUT2D eigenvalue weighted by atomic mass is 10.1. The van der Waals surface area contributed by atoms with Gasteiger partial charge in [-0.15, -0.1) is 11.3 Å². The minimum atomic E-state index is -3.47. The first-order valence-electron chi connectivity index (χ1n) is 9.54. The highest BCUT2D eigenvalue weighted by molar-refractivity contribution is 7.90. The molecule has 148 valence electrons. The number of fused-ring (bicyclic) bond motifs is 2. The Kier molecular flexibility index (Phi) is 5.50. The van der Waals surface area contributed by atoms with Gasteiger partial charge in [-0.1, -0.05) is 18.6 Å². The monoisotopic (exact) mass is 417 g/mol. The Morgan fingerprint density at radius 3 is 2.93 bits per heavy atom. The molecule has 1 amide bonds. The predicted octanol–water partition coefficient (Wildman–Crippen LogP) is 2.93. The molecule has 1 aromatic carbocycles. The molecule has 0 saturated carbocycles. The van der Waals surface area contributed by atoms with Crippen molar-refractivity contribution in [2.75, 3.05) is 13.1 Å². The van der Waals surface area contributed by atoms with Crippen molar-refractivity contribution in [3.05, 3.63) is 51.7 Å². The second-order valence-corrected chi connectivity index (χ2v) is 9.73. The molecule has 1 aromatic heterocycles. The first-order chi connectivity index (χ1) is 13.5. The Labute approximate surface area is 169 Å². The van der Waals surface area contributed by atoms with E-state index in [1.165, 1.54) is 10.4 Å². The lowest BCUT2D eigenvalue weighted by Gasteiger charge is -2.27. The topological polar surface area (TPSA) is 78.8 Å². The van der Waals surface area contributed by atoms with Gasteiger partial charge >= 0.3 is 0 Å². The third-order valence-electron chi connectivity index (χ3n) is 5.14. The van der Waals surface area contributed by atoms with Gasteiger partial charge in [-0.25, -0.2) is 8.42 Å². The molecule has 0 radical (unpaired) electrons. The molecule has 1 N–H and O–H groups in total. The van der Waals surface area contributed by atoms with Gasteiger partial charge in [0.05, 0.1) is 4.90 Å². The molecule has 3 heterocycles. The Balaban J connectivity index is 1.21. The fourth-order valence-corrected chi connectivity index (χ4v) is 5.77. The highest BCUT2D eigenvalue weighted by Crippen LogP contribution is 2.25. The molecule has 2 aliphatic heterocycles. The smallest absolute Gasteiger partial charge is 0.263 e. The van der Waals surface area contributed by atoms with Crippen molar-refractivity contribution in [1.82, 2.24) is 9.62 Å². The van der Waals surface area contributed by atoms with Crippen LogP contribution in [0.15, 0.2) is 45.6 Å². The van der Waals surface area contributed by atoms with Gasteiger partial charge in [0, 0.05) is 36.5 Å². The van der Waals surface area contributed by atoms with Crippen LogP contribution in [-0.2, 0) is 27.8 Å². The number of unbranched alkanes of at least 4 members (excludes halogenated alkanes) is 2. The van der Waals surface area contributed by atoms with E-state index in [0.717, 1.165) is 38.8 Å². The molecular weight excluding hydrogens is 394 g/mol. The van der Waals surface area contributed by atoms with Crippen LogP contribution in [0, 0.1) is 0 Å². The summed E-state index contributed by atoms with van der Waals surface area (Å²) >= 11 is 1.78. The van der Waals surface area contributed by atoms with Crippen LogP contribution in [0.1, 0.15) is 41.7 Å². The zero-order chi connectivity index (χ0) is 19.6. The quantitative estimate of drug-likeness (QED) is 0.734. The number of hydrogen-bond donors (Lipinski definition) is 1. The van der Waals surface area contributed by atoms with Crippen LogP contribution >= 0.6 is 11.3 Å². The van der Waals surface area contributed by atoms with E-state index >= 15 is 0 Å². The van der Waals surface area contributed by atoms with Crippen molar-refractivity contribution >= 4 is 33.1 Å². The van der Waals surface area contributed by atoms with Crippen LogP contribution in [-0.4, -0.2) is 38.2 Å². The summed E-state index contributed by atoms with van der Waals surface area (Å²) in [7, 11) is -3.47. The van der Waals surface area contributed by atoms with Crippen molar-refractivity contribution in [3.63, 3.8) is 0 Å². The maximum Gasteiger partial charge on any atom is 0.263 e.